The fourth-order valence-electron chi connectivity index (χ4n) is 2.87. The third-order valence-electron chi connectivity index (χ3n) is 4.36. The molecule has 124 valence electrons. The van der Waals surface area contributed by atoms with Gasteiger partial charge in [-0.05, 0) is 61.2 Å². The van der Waals surface area contributed by atoms with Gasteiger partial charge in [-0.15, -0.1) is 0 Å². The molecule has 0 unspecified atom stereocenters. The van der Waals surface area contributed by atoms with Crippen molar-refractivity contribution >= 4 is 33.8 Å². The van der Waals surface area contributed by atoms with Crippen LogP contribution in [0.1, 0.15) is 21.7 Å². The monoisotopic (exact) mass is 347 g/mol. The van der Waals surface area contributed by atoms with Gasteiger partial charge in [0, 0.05) is 33.2 Å². The Balaban J connectivity index is 1.62. The first kappa shape index (κ1) is 15.6. The summed E-state index contributed by atoms with van der Waals surface area (Å²) in [7, 11) is 0. The number of thiophene rings is 1. The predicted molar refractivity (Wildman–Crippen MR) is 103 cm³/mol. The van der Waals surface area contributed by atoms with Crippen molar-refractivity contribution in [2.45, 2.75) is 13.8 Å². The highest BCUT2D eigenvalue weighted by atomic mass is 32.1. The van der Waals surface area contributed by atoms with Gasteiger partial charge >= 0.3 is 0 Å². The van der Waals surface area contributed by atoms with Crippen LogP contribution in [0.25, 0.3) is 22.2 Å². The molecular weight excluding hydrogens is 330 g/mol. The topological polar surface area (TPSA) is 57.8 Å². The molecule has 4 nitrogen and oxygen atoms in total. The number of pyridine rings is 1. The Labute approximate surface area is 149 Å². The minimum absolute atomic E-state index is 0.207. The number of nitrogens with zero attached hydrogens (tertiary/aromatic N) is 1. The number of rotatable bonds is 3. The molecule has 2 N–H and O–H groups in total. The van der Waals surface area contributed by atoms with Crippen LogP contribution >= 0.6 is 11.3 Å². The van der Waals surface area contributed by atoms with Crippen molar-refractivity contribution in [1.82, 2.24) is 9.97 Å². The van der Waals surface area contributed by atoms with E-state index in [1.165, 1.54) is 5.56 Å². The summed E-state index contributed by atoms with van der Waals surface area (Å²) in [5, 5.41) is 8.09. The van der Waals surface area contributed by atoms with Gasteiger partial charge in [-0.2, -0.15) is 11.3 Å². The number of aromatic amines is 1. The molecule has 0 radical (unpaired) electrons. The summed E-state index contributed by atoms with van der Waals surface area (Å²) in [6, 6.07) is 13.4. The van der Waals surface area contributed by atoms with E-state index in [-0.39, 0.29) is 5.91 Å². The summed E-state index contributed by atoms with van der Waals surface area (Å²) in [5.41, 5.74) is 6.42. The van der Waals surface area contributed by atoms with Crippen LogP contribution in [-0.4, -0.2) is 15.9 Å². The van der Waals surface area contributed by atoms with Gasteiger partial charge in [0.1, 0.15) is 5.69 Å². The molecule has 0 saturated heterocycles. The van der Waals surface area contributed by atoms with Crippen LogP contribution < -0.4 is 5.32 Å². The lowest BCUT2D eigenvalue weighted by Crippen LogP contribution is -2.13. The van der Waals surface area contributed by atoms with Crippen LogP contribution in [0, 0.1) is 13.8 Å². The number of aryl methyl sites for hydroxylation is 2. The van der Waals surface area contributed by atoms with Crippen molar-refractivity contribution < 1.29 is 4.79 Å². The molecule has 0 spiro atoms. The summed E-state index contributed by atoms with van der Waals surface area (Å²) in [5.74, 6) is -0.207. The number of benzene rings is 1. The Kier molecular flexibility index (Phi) is 3.86. The first-order valence-corrected chi connectivity index (χ1v) is 8.96. The quantitative estimate of drug-likeness (QED) is 0.538. The summed E-state index contributed by atoms with van der Waals surface area (Å²) >= 11 is 1.61. The molecule has 3 heterocycles. The first-order valence-electron chi connectivity index (χ1n) is 8.02. The molecule has 0 atom stereocenters. The maximum atomic E-state index is 12.6. The zero-order valence-corrected chi connectivity index (χ0v) is 14.8. The summed E-state index contributed by atoms with van der Waals surface area (Å²) in [6.45, 7) is 4.12. The predicted octanol–water partition coefficient (Wildman–Crippen LogP) is 5.16. The molecule has 4 rings (SSSR count). The Bertz CT molecular complexity index is 1060. The molecule has 1 amide bonds. The van der Waals surface area contributed by atoms with Crippen LogP contribution in [0.15, 0.2) is 53.2 Å². The van der Waals surface area contributed by atoms with E-state index in [1.54, 1.807) is 17.4 Å². The number of carbonyl (C=O) groups excluding carboxylic acids is 1. The number of carbonyl (C=O) groups is 1. The molecule has 0 aliphatic heterocycles. The van der Waals surface area contributed by atoms with Gasteiger partial charge in [-0.3, -0.25) is 4.79 Å². The molecule has 4 aromatic rings. The fraction of sp³-hybridized carbons (Fsp3) is 0.100. The van der Waals surface area contributed by atoms with E-state index in [0.717, 1.165) is 33.5 Å². The van der Waals surface area contributed by atoms with Crippen molar-refractivity contribution in [3.05, 3.63) is 70.2 Å². The average Bonchev–Trinajstić information content (AvgIpc) is 3.25. The standard InChI is InChI=1S/C20H17N3OS/c1-12-13(2)21-18-7-6-15(10-16(12)18)22-20(24)19-5-3-4-17(23-19)14-8-9-25-11-14/h3-11,21H,1-2H3,(H,22,24). The van der Waals surface area contributed by atoms with Crippen molar-refractivity contribution in [2.24, 2.45) is 0 Å². The van der Waals surface area contributed by atoms with Crippen molar-refractivity contribution in [3.63, 3.8) is 0 Å². The molecule has 0 saturated carbocycles. The number of fused-ring (bicyclic) bond motifs is 1. The lowest BCUT2D eigenvalue weighted by Gasteiger charge is -2.06. The van der Waals surface area contributed by atoms with Gasteiger partial charge < -0.3 is 10.3 Å². The van der Waals surface area contributed by atoms with Crippen molar-refractivity contribution in [3.8, 4) is 11.3 Å². The molecule has 0 bridgehead atoms. The normalized spacial score (nSPS) is 11.0. The van der Waals surface area contributed by atoms with E-state index < -0.39 is 0 Å². The largest absolute Gasteiger partial charge is 0.358 e. The van der Waals surface area contributed by atoms with E-state index in [9.17, 15) is 4.79 Å². The Hall–Kier alpha value is -2.92. The smallest absolute Gasteiger partial charge is 0.274 e. The number of hydrogen-bond acceptors (Lipinski definition) is 3. The maximum absolute atomic E-state index is 12.6. The van der Waals surface area contributed by atoms with Crippen molar-refractivity contribution in [2.75, 3.05) is 5.32 Å². The van der Waals surface area contributed by atoms with Gasteiger partial charge in [-0.25, -0.2) is 4.98 Å². The molecule has 5 heteroatoms. The molecular formula is C20H17N3OS. The first-order chi connectivity index (χ1) is 12.1. The van der Waals surface area contributed by atoms with Crippen LogP contribution in [0.2, 0.25) is 0 Å². The lowest BCUT2D eigenvalue weighted by atomic mass is 10.1. The Morgan fingerprint density at radius 2 is 2.04 bits per heavy atom. The Morgan fingerprint density at radius 1 is 1.16 bits per heavy atom. The van der Waals surface area contributed by atoms with Crippen LogP contribution in [0.3, 0.4) is 0 Å². The highest BCUT2D eigenvalue weighted by molar-refractivity contribution is 7.08. The highest BCUT2D eigenvalue weighted by Crippen LogP contribution is 2.25. The van der Waals surface area contributed by atoms with E-state index in [0.29, 0.717) is 5.69 Å². The van der Waals surface area contributed by atoms with Gasteiger partial charge in [0.15, 0.2) is 0 Å². The number of nitrogens with one attached hydrogen (secondary N) is 2. The summed E-state index contributed by atoms with van der Waals surface area (Å²) < 4.78 is 0. The SMILES string of the molecule is Cc1[nH]c2ccc(NC(=O)c3cccc(-c4ccsc4)n3)cc2c1C. The second kappa shape index (κ2) is 6.18. The van der Waals surface area contributed by atoms with Crippen molar-refractivity contribution in [1.29, 1.82) is 0 Å². The zero-order valence-electron chi connectivity index (χ0n) is 14.0. The summed E-state index contributed by atoms with van der Waals surface area (Å²) in [4.78, 5) is 20.4. The summed E-state index contributed by atoms with van der Waals surface area (Å²) in [6.07, 6.45) is 0. The number of hydrogen-bond donors (Lipinski definition) is 2. The molecule has 25 heavy (non-hydrogen) atoms. The molecule has 0 aliphatic rings. The minimum Gasteiger partial charge on any atom is -0.358 e. The van der Waals surface area contributed by atoms with E-state index in [2.05, 4.69) is 22.2 Å². The van der Waals surface area contributed by atoms with Gasteiger partial charge in [0.2, 0.25) is 0 Å². The number of amides is 1. The van der Waals surface area contributed by atoms with Crippen LogP contribution in [0.5, 0.6) is 0 Å². The molecule has 3 aromatic heterocycles. The van der Waals surface area contributed by atoms with Crippen LogP contribution in [-0.2, 0) is 0 Å². The van der Waals surface area contributed by atoms with E-state index in [1.807, 2.05) is 54.1 Å². The third-order valence-corrected chi connectivity index (χ3v) is 5.05. The fourth-order valence-corrected chi connectivity index (χ4v) is 3.52. The van der Waals surface area contributed by atoms with Crippen LogP contribution in [0.4, 0.5) is 5.69 Å². The number of H-pyrrole nitrogens is 1. The maximum Gasteiger partial charge on any atom is 0.274 e. The second-order valence-corrected chi connectivity index (χ2v) is 6.79. The van der Waals surface area contributed by atoms with Gasteiger partial charge in [-0.1, -0.05) is 6.07 Å². The van der Waals surface area contributed by atoms with E-state index >= 15 is 0 Å². The van der Waals surface area contributed by atoms with Gasteiger partial charge in [0.05, 0.1) is 5.69 Å². The lowest BCUT2D eigenvalue weighted by molar-refractivity contribution is 0.102. The van der Waals surface area contributed by atoms with Gasteiger partial charge in [0.25, 0.3) is 5.91 Å². The molecule has 0 fully saturated rings. The third kappa shape index (κ3) is 2.94. The van der Waals surface area contributed by atoms with E-state index in [4.69, 9.17) is 0 Å². The Morgan fingerprint density at radius 3 is 2.84 bits per heavy atom. The number of aromatic nitrogens is 2. The highest BCUT2D eigenvalue weighted by Gasteiger charge is 2.11. The average molecular weight is 347 g/mol. The zero-order chi connectivity index (χ0) is 17.4. The number of anilines is 1. The molecule has 0 aliphatic carbocycles. The minimum atomic E-state index is -0.207. The second-order valence-electron chi connectivity index (χ2n) is 6.01. The molecule has 1 aromatic carbocycles.